The van der Waals surface area contributed by atoms with Crippen molar-refractivity contribution in [1.29, 1.82) is 0 Å². The summed E-state index contributed by atoms with van der Waals surface area (Å²) in [6.45, 7) is 8.55. The van der Waals surface area contributed by atoms with Crippen LogP contribution in [-0.2, 0) is 20.1 Å². The highest BCUT2D eigenvalue weighted by Crippen LogP contribution is 2.10. The third-order valence-corrected chi connectivity index (χ3v) is 4.12. The molecule has 7 heteroatoms. The van der Waals surface area contributed by atoms with Gasteiger partial charge in [0.15, 0.2) is 5.82 Å². The van der Waals surface area contributed by atoms with Gasteiger partial charge < -0.3 is 5.32 Å². The average molecular weight is 331 g/mol. The second-order valence-corrected chi connectivity index (χ2v) is 6.04. The van der Waals surface area contributed by atoms with E-state index in [1.165, 1.54) is 10.1 Å². The molecule has 0 aliphatic carbocycles. The lowest BCUT2D eigenvalue weighted by atomic mass is 10.1. The van der Waals surface area contributed by atoms with Crippen LogP contribution in [0.1, 0.15) is 42.5 Å². The number of nitrogens with one attached hydrogen (secondary N) is 2. The number of amides is 1. The summed E-state index contributed by atoms with van der Waals surface area (Å²) in [4.78, 5) is 25.8. The van der Waals surface area contributed by atoms with Crippen molar-refractivity contribution in [2.24, 2.45) is 7.05 Å². The predicted octanol–water partition coefficient (Wildman–Crippen LogP) is 1.27. The van der Waals surface area contributed by atoms with Gasteiger partial charge in [-0.25, -0.2) is 9.89 Å². The second-order valence-electron chi connectivity index (χ2n) is 6.04. The number of benzene rings is 1. The molecule has 130 valence electrons. The van der Waals surface area contributed by atoms with Gasteiger partial charge in [-0.05, 0) is 38.1 Å². The smallest absolute Gasteiger partial charge is 0.343 e. The molecule has 0 radical (unpaired) electrons. The third-order valence-electron chi connectivity index (χ3n) is 4.12. The summed E-state index contributed by atoms with van der Waals surface area (Å²) in [6.07, 6.45) is 0. The van der Waals surface area contributed by atoms with E-state index in [2.05, 4.69) is 41.2 Å². The highest BCUT2D eigenvalue weighted by molar-refractivity contribution is 5.94. The van der Waals surface area contributed by atoms with Crippen LogP contribution in [0.2, 0.25) is 0 Å². The Morgan fingerprint density at radius 1 is 1.33 bits per heavy atom. The first kappa shape index (κ1) is 17.9. The van der Waals surface area contributed by atoms with Crippen molar-refractivity contribution >= 4 is 5.91 Å². The van der Waals surface area contributed by atoms with Crippen LogP contribution in [-0.4, -0.2) is 38.2 Å². The minimum absolute atomic E-state index is 0.187. The number of carbonyl (C=O) groups is 1. The average Bonchev–Trinajstić information content (AvgIpc) is 2.89. The standard InChI is InChI=1S/C17H25N5O2/c1-5-22(12(2)3)11-13-6-8-14(9-7-13)16(23)18-10-15-19-20-17(24)21(15)4/h6-9,12H,5,10-11H2,1-4H3,(H,18,23)(H,20,24). The lowest BCUT2D eigenvalue weighted by Gasteiger charge is -2.24. The molecule has 2 rings (SSSR count). The predicted molar refractivity (Wildman–Crippen MR) is 92.7 cm³/mol. The quantitative estimate of drug-likeness (QED) is 0.800. The number of aromatic nitrogens is 3. The molecule has 1 aromatic heterocycles. The van der Waals surface area contributed by atoms with Crippen LogP contribution >= 0.6 is 0 Å². The van der Waals surface area contributed by atoms with Crippen LogP contribution in [0.5, 0.6) is 0 Å². The molecule has 0 unspecified atom stereocenters. The van der Waals surface area contributed by atoms with Gasteiger partial charge in [0.25, 0.3) is 5.91 Å². The van der Waals surface area contributed by atoms with Crippen molar-refractivity contribution in [2.75, 3.05) is 6.54 Å². The molecule has 24 heavy (non-hydrogen) atoms. The molecule has 2 N–H and O–H groups in total. The van der Waals surface area contributed by atoms with E-state index in [-0.39, 0.29) is 18.1 Å². The Morgan fingerprint density at radius 2 is 2.00 bits per heavy atom. The largest absolute Gasteiger partial charge is 0.345 e. The van der Waals surface area contributed by atoms with Crippen LogP contribution in [0.15, 0.2) is 29.1 Å². The monoisotopic (exact) mass is 331 g/mol. The van der Waals surface area contributed by atoms with Crippen molar-refractivity contribution < 1.29 is 4.79 Å². The Hall–Kier alpha value is -2.41. The third kappa shape index (κ3) is 4.32. The molecule has 0 aliphatic heterocycles. The van der Waals surface area contributed by atoms with E-state index >= 15 is 0 Å². The fourth-order valence-corrected chi connectivity index (χ4v) is 2.45. The molecule has 0 fully saturated rings. The van der Waals surface area contributed by atoms with E-state index in [1.807, 2.05) is 24.3 Å². The molecular formula is C17H25N5O2. The van der Waals surface area contributed by atoms with Gasteiger partial charge in [0.2, 0.25) is 0 Å². The zero-order valence-electron chi connectivity index (χ0n) is 14.7. The molecule has 0 saturated carbocycles. The Labute approximate surface area is 141 Å². The molecule has 7 nitrogen and oxygen atoms in total. The van der Waals surface area contributed by atoms with Crippen LogP contribution in [0.4, 0.5) is 0 Å². The molecular weight excluding hydrogens is 306 g/mol. The van der Waals surface area contributed by atoms with Gasteiger partial charge in [0, 0.05) is 25.2 Å². The Morgan fingerprint density at radius 3 is 2.50 bits per heavy atom. The zero-order chi connectivity index (χ0) is 17.7. The summed E-state index contributed by atoms with van der Waals surface area (Å²) in [6, 6.07) is 8.08. The molecule has 0 atom stereocenters. The maximum absolute atomic E-state index is 12.2. The van der Waals surface area contributed by atoms with E-state index in [9.17, 15) is 9.59 Å². The zero-order valence-corrected chi connectivity index (χ0v) is 14.7. The van der Waals surface area contributed by atoms with Gasteiger partial charge >= 0.3 is 5.69 Å². The van der Waals surface area contributed by atoms with Crippen LogP contribution in [0, 0.1) is 0 Å². The lowest BCUT2D eigenvalue weighted by Crippen LogP contribution is -2.30. The van der Waals surface area contributed by atoms with Gasteiger partial charge in [-0.2, -0.15) is 5.10 Å². The summed E-state index contributed by atoms with van der Waals surface area (Å²) in [5, 5.41) is 8.97. The van der Waals surface area contributed by atoms with Crippen LogP contribution < -0.4 is 11.0 Å². The molecule has 0 spiro atoms. The Kier molecular flexibility index (Phi) is 5.92. The highest BCUT2D eigenvalue weighted by Gasteiger charge is 2.10. The number of H-pyrrole nitrogens is 1. The van der Waals surface area contributed by atoms with E-state index in [1.54, 1.807) is 7.05 Å². The van der Waals surface area contributed by atoms with E-state index in [0.29, 0.717) is 17.4 Å². The van der Waals surface area contributed by atoms with Gasteiger partial charge in [0.1, 0.15) is 0 Å². The Bertz CT molecular complexity index is 730. The number of aromatic amines is 1. The summed E-state index contributed by atoms with van der Waals surface area (Å²) in [7, 11) is 1.61. The number of carbonyl (C=O) groups excluding carboxylic acids is 1. The number of rotatable bonds is 7. The minimum Gasteiger partial charge on any atom is -0.345 e. The summed E-state index contributed by atoms with van der Waals surface area (Å²) in [5.74, 6) is 0.300. The fourth-order valence-electron chi connectivity index (χ4n) is 2.45. The number of hydrogen-bond donors (Lipinski definition) is 2. The highest BCUT2D eigenvalue weighted by atomic mass is 16.2. The van der Waals surface area contributed by atoms with Gasteiger partial charge in [-0.3, -0.25) is 14.3 Å². The normalized spacial score (nSPS) is 11.2. The minimum atomic E-state index is -0.297. The van der Waals surface area contributed by atoms with Gasteiger partial charge in [0.05, 0.1) is 6.54 Å². The molecule has 1 amide bonds. The summed E-state index contributed by atoms with van der Waals surface area (Å²) < 4.78 is 1.37. The molecule has 1 aromatic carbocycles. The molecule has 0 aliphatic rings. The van der Waals surface area contributed by atoms with Gasteiger partial charge in [-0.15, -0.1) is 0 Å². The van der Waals surface area contributed by atoms with Crippen molar-refractivity contribution in [3.8, 4) is 0 Å². The van der Waals surface area contributed by atoms with Crippen LogP contribution in [0.25, 0.3) is 0 Å². The summed E-state index contributed by atoms with van der Waals surface area (Å²) >= 11 is 0. The van der Waals surface area contributed by atoms with E-state index in [0.717, 1.165) is 13.1 Å². The van der Waals surface area contributed by atoms with Crippen molar-refractivity contribution in [3.05, 3.63) is 51.7 Å². The summed E-state index contributed by atoms with van der Waals surface area (Å²) in [5.41, 5.74) is 1.47. The van der Waals surface area contributed by atoms with Crippen molar-refractivity contribution in [2.45, 2.75) is 39.9 Å². The lowest BCUT2D eigenvalue weighted by molar-refractivity contribution is 0.0949. The first-order valence-corrected chi connectivity index (χ1v) is 8.13. The molecule has 1 heterocycles. The Balaban J connectivity index is 1.96. The second kappa shape index (κ2) is 7.92. The van der Waals surface area contributed by atoms with Crippen LogP contribution in [0.3, 0.4) is 0 Å². The first-order chi connectivity index (χ1) is 11.4. The number of nitrogens with zero attached hydrogens (tertiary/aromatic N) is 3. The fraction of sp³-hybridized carbons (Fsp3) is 0.471. The van der Waals surface area contributed by atoms with E-state index < -0.39 is 0 Å². The first-order valence-electron chi connectivity index (χ1n) is 8.13. The van der Waals surface area contributed by atoms with Crippen molar-refractivity contribution in [1.82, 2.24) is 25.0 Å². The maximum atomic E-state index is 12.2. The molecule has 0 saturated heterocycles. The number of hydrogen-bond acceptors (Lipinski definition) is 4. The topological polar surface area (TPSA) is 83.0 Å². The van der Waals surface area contributed by atoms with E-state index in [4.69, 9.17) is 0 Å². The van der Waals surface area contributed by atoms with Crippen molar-refractivity contribution in [3.63, 3.8) is 0 Å². The SMILES string of the molecule is CCN(Cc1ccc(C(=O)NCc2n[nH]c(=O)n2C)cc1)C(C)C. The molecule has 0 bridgehead atoms. The molecule has 2 aromatic rings. The maximum Gasteiger partial charge on any atom is 0.343 e. The van der Waals surface area contributed by atoms with Gasteiger partial charge in [-0.1, -0.05) is 19.1 Å².